The second kappa shape index (κ2) is 8.38. The SMILES string of the molecule is CN(CC1(CO)CCOCC1)C(=O)NC(c1ccccc1)c1ccco1. The second-order valence-electron chi connectivity index (χ2n) is 6.94. The Balaban J connectivity index is 1.71. The number of aliphatic hydroxyl groups excluding tert-OH is 1. The van der Waals surface area contributed by atoms with E-state index in [1.54, 1.807) is 18.2 Å². The van der Waals surface area contributed by atoms with Gasteiger partial charge in [0.2, 0.25) is 0 Å². The molecule has 1 unspecified atom stereocenters. The lowest BCUT2D eigenvalue weighted by Crippen LogP contribution is -2.48. The van der Waals surface area contributed by atoms with Crippen LogP contribution in [0.5, 0.6) is 0 Å². The van der Waals surface area contributed by atoms with Crippen molar-refractivity contribution < 1.29 is 19.1 Å². The molecule has 26 heavy (non-hydrogen) atoms. The summed E-state index contributed by atoms with van der Waals surface area (Å²) in [6.07, 6.45) is 3.10. The number of amides is 2. The van der Waals surface area contributed by atoms with Crippen LogP contribution in [0.4, 0.5) is 4.79 Å². The summed E-state index contributed by atoms with van der Waals surface area (Å²) in [5, 5.41) is 12.9. The van der Waals surface area contributed by atoms with Gasteiger partial charge in [0.25, 0.3) is 0 Å². The molecule has 140 valence electrons. The molecule has 3 rings (SSSR count). The van der Waals surface area contributed by atoms with E-state index >= 15 is 0 Å². The van der Waals surface area contributed by atoms with Crippen LogP contribution in [0.15, 0.2) is 53.1 Å². The number of nitrogens with zero attached hydrogens (tertiary/aromatic N) is 1. The minimum absolute atomic E-state index is 0.0499. The number of nitrogens with one attached hydrogen (secondary N) is 1. The van der Waals surface area contributed by atoms with Gasteiger partial charge in [0, 0.05) is 32.2 Å². The van der Waals surface area contributed by atoms with Gasteiger partial charge in [-0.15, -0.1) is 0 Å². The van der Waals surface area contributed by atoms with Crippen molar-refractivity contribution in [3.63, 3.8) is 0 Å². The van der Waals surface area contributed by atoms with E-state index in [1.165, 1.54) is 0 Å². The molecule has 0 bridgehead atoms. The van der Waals surface area contributed by atoms with Gasteiger partial charge in [0.1, 0.15) is 11.8 Å². The molecule has 6 heteroatoms. The molecule has 1 aliphatic heterocycles. The second-order valence-corrected chi connectivity index (χ2v) is 6.94. The fourth-order valence-electron chi connectivity index (χ4n) is 3.40. The number of aliphatic hydroxyl groups is 1. The van der Waals surface area contributed by atoms with Gasteiger partial charge in [0.15, 0.2) is 0 Å². The molecule has 0 aliphatic carbocycles. The van der Waals surface area contributed by atoms with Crippen molar-refractivity contribution in [1.82, 2.24) is 10.2 Å². The number of hydrogen-bond donors (Lipinski definition) is 2. The molecule has 1 atom stereocenters. The maximum absolute atomic E-state index is 12.8. The average Bonchev–Trinajstić information content (AvgIpc) is 3.21. The molecular formula is C20H26N2O4. The smallest absolute Gasteiger partial charge is 0.318 e. The lowest BCUT2D eigenvalue weighted by molar-refractivity contribution is -0.0261. The first-order chi connectivity index (χ1) is 12.6. The summed E-state index contributed by atoms with van der Waals surface area (Å²) in [4.78, 5) is 14.5. The van der Waals surface area contributed by atoms with Crippen LogP contribution >= 0.6 is 0 Å². The first kappa shape index (κ1) is 18.5. The van der Waals surface area contributed by atoms with Gasteiger partial charge in [-0.1, -0.05) is 30.3 Å². The number of hydrogen-bond acceptors (Lipinski definition) is 4. The molecule has 2 aromatic rings. The van der Waals surface area contributed by atoms with Crippen LogP contribution in [-0.4, -0.2) is 49.5 Å². The summed E-state index contributed by atoms with van der Waals surface area (Å²) >= 11 is 0. The maximum atomic E-state index is 12.8. The maximum Gasteiger partial charge on any atom is 0.318 e. The van der Waals surface area contributed by atoms with Crippen LogP contribution in [0.1, 0.15) is 30.2 Å². The van der Waals surface area contributed by atoms with Crippen LogP contribution in [0.3, 0.4) is 0 Å². The molecule has 2 amide bonds. The van der Waals surface area contributed by atoms with E-state index in [9.17, 15) is 9.90 Å². The van der Waals surface area contributed by atoms with Crippen molar-refractivity contribution in [2.45, 2.75) is 18.9 Å². The quantitative estimate of drug-likeness (QED) is 0.833. The third-order valence-corrected chi connectivity index (χ3v) is 5.04. The van der Waals surface area contributed by atoms with Crippen LogP contribution < -0.4 is 5.32 Å². The Labute approximate surface area is 153 Å². The van der Waals surface area contributed by atoms with Crippen LogP contribution in [0.2, 0.25) is 0 Å². The number of urea groups is 1. The molecular weight excluding hydrogens is 332 g/mol. The van der Waals surface area contributed by atoms with Gasteiger partial charge in [-0.2, -0.15) is 0 Å². The van der Waals surface area contributed by atoms with Gasteiger partial charge in [-0.3, -0.25) is 0 Å². The Bertz CT molecular complexity index is 681. The number of furan rings is 1. The van der Waals surface area contributed by atoms with E-state index in [2.05, 4.69) is 5.32 Å². The average molecular weight is 358 g/mol. The summed E-state index contributed by atoms with van der Waals surface area (Å²) in [5.41, 5.74) is 0.657. The summed E-state index contributed by atoms with van der Waals surface area (Å²) in [7, 11) is 1.76. The van der Waals surface area contributed by atoms with Crippen molar-refractivity contribution in [2.75, 3.05) is 33.4 Å². The topological polar surface area (TPSA) is 74.9 Å². The van der Waals surface area contributed by atoms with Gasteiger partial charge in [0.05, 0.1) is 12.9 Å². The molecule has 1 aromatic heterocycles. The van der Waals surface area contributed by atoms with Crippen molar-refractivity contribution in [3.05, 3.63) is 60.1 Å². The summed E-state index contributed by atoms with van der Waals surface area (Å²) in [5.74, 6) is 0.681. The zero-order valence-corrected chi connectivity index (χ0v) is 15.1. The monoisotopic (exact) mass is 358 g/mol. The summed E-state index contributed by atoms with van der Waals surface area (Å²) in [6.45, 7) is 1.77. The molecule has 1 saturated heterocycles. The van der Waals surface area contributed by atoms with Crippen molar-refractivity contribution in [2.24, 2.45) is 5.41 Å². The summed E-state index contributed by atoms with van der Waals surface area (Å²) < 4.78 is 10.9. The highest BCUT2D eigenvalue weighted by Crippen LogP contribution is 2.31. The van der Waals surface area contributed by atoms with Crippen LogP contribution in [-0.2, 0) is 4.74 Å². The minimum Gasteiger partial charge on any atom is -0.467 e. The van der Waals surface area contributed by atoms with Gasteiger partial charge in [-0.25, -0.2) is 4.79 Å². The van der Waals surface area contributed by atoms with Crippen LogP contribution in [0.25, 0.3) is 0 Å². The summed E-state index contributed by atoms with van der Waals surface area (Å²) in [6, 6.07) is 12.8. The van der Waals surface area contributed by atoms with E-state index in [-0.39, 0.29) is 24.1 Å². The van der Waals surface area contributed by atoms with Gasteiger partial charge in [-0.05, 0) is 30.5 Å². The zero-order valence-electron chi connectivity index (χ0n) is 15.1. The number of carbonyl (C=O) groups excluding carboxylic acids is 1. The lowest BCUT2D eigenvalue weighted by atomic mass is 9.80. The molecule has 2 N–H and O–H groups in total. The Kier molecular flexibility index (Phi) is 5.96. The molecule has 0 spiro atoms. The van der Waals surface area contributed by atoms with E-state index < -0.39 is 0 Å². The fourth-order valence-corrected chi connectivity index (χ4v) is 3.40. The van der Waals surface area contributed by atoms with E-state index in [0.29, 0.717) is 25.5 Å². The van der Waals surface area contributed by atoms with E-state index in [0.717, 1.165) is 18.4 Å². The number of benzene rings is 1. The minimum atomic E-state index is -0.360. The Morgan fingerprint density at radius 3 is 2.58 bits per heavy atom. The highest BCUT2D eigenvalue weighted by molar-refractivity contribution is 5.75. The lowest BCUT2D eigenvalue weighted by Gasteiger charge is -2.38. The van der Waals surface area contributed by atoms with Crippen molar-refractivity contribution in [1.29, 1.82) is 0 Å². The molecule has 6 nitrogen and oxygen atoms in total. The molecule has 2 heterocycles. The standard InChI is InChI=1S/C20H26N2O4/c1-22(14-20(15-23)9-12-25-13-10-20)19(24)21-18(17-8-5-11-26-17)16-6-3-2-4-7-16/h2-8,11,18,23H,9-10,12-15H2,1H3,(H,21,24). The normalized spacial score (nSPS) is 17.5. The Morgan fingerprint density at radius 1 is 1.23 bits per heavy atom. The molecule has 1 aliphatic rings. The predicted octanol–water partition coefficient (Wildman–Crippen LogP) is 2.80. The third-order valence-electron chi connectivity index (χ3n) is 5.04. The molecule has 0 radical (unpaired) electrons. The largest absolute Gasteiger partial charge is 0.467 e. The fraction of sp³-hybridized carbons (Fsp3) is 0.450. The Hall–Kier alpha value is -2.31. The Morgan fingerprint density at radius 2 is 1.96 bits per heavy atom. The van der Waals surface area contributed by atoms with E-state index in [4.69, 9.17) is 9.15 Å². The van der Waals surface area contributed by atoms with Crippen molar-refractivity contribution >= 4 is 6.03 Å². The third kappa shape index (κ3) is 4.26. The first-order valence-electron chi connectivity index (χ1n) is 8.92. The number of ether oxygens (including phenoxy) is 1. The van der Waals surface area contributed by atoms with Crippen molar-refractivity contribution in [3.8, 4) is 0 Å². The van der Waals surface area contributed by atoms with E-state index in [1.807, 2.05) is 42.5 Å². The molecule has 1 aromatic carbocycles. The molecule has 0 saturated carbocycles. The number of carbonyl (C=O) groups is 1. The highest BCUT2D eigenvalue weighted by Gasteiger charge is 2.35. The van der Waals surface area contributed by atoms with Crippen LogP contribution in [0, 0.1) is 5.41 Å². The first-order valence-corrected chi connectivity index (χ1v) is 8.92. The molecule has 1 fully saturated rings. The zero-order chi connectivity index (χ0) is 18.4. The number of rotatable bonds is 6. The van der Waals surface area contributed by atoms with Gasteiger partial charge < -0.3 is 24.5 Å². The predicted molar refractivity (Wildman–Crippen MR) is 97.7 cm³/mol. The van der Waals surface area contributed by atoms with Gasteiger partial charge >= 0.3 is 6.03 Å². The highest BCUT2D eigenvalue weighted by atomic mass is 16.5.